The fourth-order valence-corrected chi connectivity index (χ4v) is 2.25. The zero-order valence-corrected chi connectivity index (χ0v) is 9.38. The second-order valence-electron chi connectivity index (χ2n) is 3.25. The van der Waals surface area contributed by atoms with Crippen molar-refractivity contribution in [2.75, 3.05) is 12.9 Å². The maximum Gasteiger partial charge on any atom is 0.305 e. The summed E-state index contributed by atoms with van der Waals surface area (Å²) < 4.78 is 4.49. The third-order valence-corrected chi connectivity index (χ3v) is 3.19. The van der Waals surface area contributed by atoms with Gasteiger partial charge in [0, 0.05) is 17.7 Å². The maximum absolute atomic E-state index is 11.2. The number of aliphatic hydroxyl groups is 1. The van der Waals surface area contributed by atoms with Gasteiger partial charge in [-0.1, -0.05) is 0 Å². The minimum absolute atomic E-state index is 0.00873. The van der Waals surface area contributed by atoms with E-state index in [4.69, 9.17) is 5.11 Å². The van der Waals surface area contributed by atoms with Crippen LogP contribution in [-0.4, -0.2) is 35.8 Å². The van der Waals surface area contributed by atoms with Gasteiger partial charge in [0.15, 0.2) is 5.78 Å². The van der Waals surface area contributed by atoms with E-state index in [0.29, 0.717) is 23.5 Å². The molecule has 0 aromatic heterocycles. The van der Waals surface area contributed by atoms with Crippen molar-refractivity contribution in [2.45, 2.75) is 25.4 Å². The van der Waals surface area contributed by atoms with Gasteiger partial charge in [0.2, 0.25) is 0 Å². The van der Waals surface area contributed by atoms with Crippen LogP contribution in [0.2, 0.25) is 0 Å². The predicted molar refractivity (Wildman–Crippen MR) is 57.4 cm³/mol. The molecule has 4 nitrogen and oxygen atoms in total. The summed E-state index contributed by atoms with van der Waals surface area (Å²) in [6.45, 7) is 0. The molecule has 1 aliphatic carbocycles. The topological polar surface area (TPSA) is 63.6 Å². The zero-order chi connectivity index (χ0) is 11.3. The van der Waals surface area contributed by atoms with Crippen LogP contribution < -0.4 is 0 Å². The Bertz CT molecular complexity index is 285. The van der Waals surface area contributed by atoms with Crippen LogP contribution in [0, 0.1) is 0 Å². The van der Waals surface area contributed by atoms with Gasteiger partial charge in [0.1, 0.15) is 0 Å². The Labute approximate surface area is 92.7 Å². The van der Waals surface area contributed by atoms with E-state index in [9.17, 15) is 9.59 Å². The summed E-state index contributed by atoms with van der Waals surface area (Å²) in [5, 5.41) is 9.17. The zero-order valence-electron chi connectivity index (χ0n) is 8.56. The van der Waals surface area contributed by atoms with Crippen molar-refractivity contribution in [1.29, 1.82) is 0 Å². The fourth-order valence-electron chi connectivity index (χ4n) is 1.25. The molecule has 0 amide bonds. The number of ketones is 1. The second kappa shape index (κ2) is 5.92. The number of carbonyl (C=O) groups is 2. The highest BCUT2D eigenvalue weighted by molar-refractivity contribution is 8.04. The number of methoxy groups -OCH3 is 1. The van der Waals surface area contributed by atoms with E-state index in [1.54, 1.807) is 6.08 Å². The smallest absolute Gasteiger partial charge is 0.305 e. The summed E-state index contributed by atoms with van der Waals surface area (Å²) in [5.41, 5.74) is 0. The van der Waals surface area contributed by atoms with Crippen molar-refractivity contribution >= 4 is 23.5 Å². The van der Waals surface area contributed by atoms with Gasteiger partial charge in [-0.2, -0.15) is 0 Å². The number of allylic oxidation sites excluding steroid dienone is 1. The second-order valence-corrected chi connectivity index (χ2v) is 4.39. The van der Waals surface area contributed by atoms with Crippen LogP contribution >= 0.6 is 11.8 Å². The molecular formula is C10H14O4S. The number of hydrogen-bond donors (Lipinski definition) is 1. The number of rotatable bonds is 5. The average molecular weight is 230 g/mol. The molecule has 0 saturated carbocycles. The van der Waals surface area contributed by atoms with Gasteiger partial charge in [0.05, 0.1) is 13.2 Å². The molecule has 0 aromatic rings. The number of ether oxygens (including phenoxy) is 1. The molecule has 0 aromatic carbocycles. The standard InChI is InChI=1S/C10H14O4S/c1-14-10(13)3-2-4-15-9-6-7(11)5-8(9)12/h6-7,11H,2-5H2,1H3. The molecule has 1 rings (SSSR count). The molecule has 15 heavy (non-hydrogen) atoms. The lowest BCUT2D eigenvalue weighted by Gasteiger charge is -2.00. The molecule has 0 spiro atoms. The Kier molecular flexibility index (Phi) is 4.84. The summed E-state index contributed by atoms with van der Waals surface area (Å²) in [7, 11) is 1.36. The van der Waals surface area contributed by atoms with Gasteiger partial charge in [-0.15, -0.1) is 11.8 Å². The summed E-state index contributed by atoms with van der Waals surface area (Å²) in [4.78, 5) is 22.6. The molecule has 0 bridgehead atoms. The van der Waals surface area contributed by atoms with E-state index in [0.717, 1.165) is 0 Å². The molecule has 1 unspecified atom stereocenters. The van der Waals surface area contributed by atoms with Gasteiger partial charge >= 0.3 is 5.97 Å². The monoisotopic (exact) mass is 230 g/mol. The summed E-state index contributed by atoms with van der Waals surface area (Å²) in [6, 6.07) is 0. The Morgan fingerprint density at radius 2 is 2.47 bits per heavy atom. The molecule has 0 radical (unpaired) electrons. The molecule has 1 atom stereocenters. The van der Waals surface area contributed by atoms with Crippen molar-refractivity contribution in [2.24, 2.45) is 0 Å². The third kappa shape index (κ3) is 4.05. The quantitative estimate of drug-likeness (QED) is 0.561. The molecule has 0 aliphatic heterocycles. The van der Waals surface area contributed by atoms with Crippen LogP contribution in [0.5, 0.6) is 0 Å². The Morgan fingerprint density at radius 3 is 3.00 bits per heavy atom. The number of aliphatic hydroxyl groups excluding tert-OH is 1. The Morgan fingerprint density at radius 1 is 1.73 bits per heavy atom. The van der Waals surface area contributed by atoms with Crippen LogP contribution in [-0.2, 0) is 14.3 Å². The minimum atomic E-state index is -0.624. The number of Topliss-reactive ketones (excluding diaryl/α,β-unsaturated/α-hetero) is 1. The first-order valence-electron chi connectivity index (χ1n) is 4.76. The highest BCUT2D eigenvalue weighted by Crippen LogP contribution is 2.26. The van der Waals surface area contributed by atoms with Gasteiger partial charge in [-0.3, -0.25) is 9.59 Å². The van der Waals surface area contributed by atoms with Gasteiger partial charge in [-0.25, -0.2) is 0 Å². The fraction of sp³-hybridized carbons (Fsp3) is 0.600. The highest BCUT2D eigenvalue weighted by atomic mass is 32.2. The largest absolute Gasteiger partial charge is 0.469 e. The van der Waals surface area contributed by atoms with Crippen LogP contribution in [0.15, 0.2) is 11.0 Å². The number of hydrogen-bond acceptors (Lipinski definition) is 5. The van der Waals surface area contributed by atoms with Gasteiger partial charge < -0.3 is 9.84 Å². The van der Waals surface area contributed by atoms with Crippen molar-refractivity contribution in [1.82, 2.24) is 0 Å². The van der Waals surface area contributed by atoms with Crippen LogP contribution in [0.1, 0.15) is 19.3 Å². The summed E-state index contributed by atoms with van der Waals surface area (Å²) in [6.07, 6.45) is 2.19. The third-order valence-electron chi connectivity index (χ3n) is 2.02. The number of esters is 1. The Balaban J connectivity index is 2.18. The van der Waals surface area contributed by atoms with Crippen molar-refractivity contribution in [3.63, 3.8) is 0 Å². The molecule has 1 N–H and O–H groups in total. The molecule has 0 fully saturated rings. The molecule has 0 saturated heterocycles. The number of carbonyl (C=O) groups excluding carboxylic acids is 2. The molecule has 5 heteroatoms. The maximum atomic E-state index is 11.2. The first kappa shape index (κ1) is 12.3. The van der Waals surface area contributed by atoms with Crippen LogP contribution in [0.25, 0.3) is 0 Å². The van der Waals surface area contributed by atoms with Crippen molar-refractivity contribution in [3.8, 4) is 0 Å². The number of thioether (sulfide) groups is 1. The molecular weight excluding hydrogens is 216 g/mol. The van der Waals surface area contributed by atoms with Crippen molar-refractivity contribution < 1.29 is 19.4 Å². The van der Waals surface area contributed by atoms with E-state index >= 15 is 0 Å². The first-order valence-corrected chi connectivity index (χ1v) is 5.74. The lowest BCUT2D eigenvalue weighted by atomic mass is 10.3. The van der Waals surface area contributed by atoms with E-state index in [1.807, 2.05) is 0 Å². The van der Waals surface area contributed by atoms with E-state index in [2.05, 4.69) is 4.74 Å². The molecule has 84 valence electrons. The predicted octanol–water partition coefficient (Wildman–Crippen LogP) is 0.890. The minimum Gasteiger partial charge on any atom is -0.469 e. The van der Waals surface area contributed by atoms with Crippen molar-refractivity contribution in [3.05, 3.63) is 11.0 Å². The van der Waals surface area contributed by atoms with E-state index in [-0.39, 0.29) is 18.2 Å². The van der Waals surface area contributed by atoms with E-state index < -0.39 is 6.10 Å². The molecule has 0 heterocycles. The lowest BCUT2D eigenvalue weighted by Crippen LogP contribution is -2.01. The highest BCUT2D eigenvalue weighted by Gasteiger charge is 2.22. The molecule has 1 aliphatic rings. The van der Waals surface area contributed by atoms with Crippen LogP contribution in [0.3, 0.4) is 0 Å². The SMILES string of the molecule is COC(=O)CCCSC1=CC(O)CC1=O. The summed E-state index contributed by atoms with van der Waals surface area (Å²) >= 11 is 1.39. The normalized spacial score (nSPS) is 20.3. The average Bonchev–Trinajstić information content (AvgIpc) is 2.52. The van der Waals surface area contributed by atoms with E-state index in [1.165, 1.54) is 18.9 Å². The Hall–Kier alpha value is -0.810. The lowest BCUT2D eigenvalue weighted by molar-refractivity contribution is -0.140. The van der Waals surface area contributed by atoms with Crippen LogP contribution in [0.4, 0.5) is 0 Å². The van der Waals surface area contributed by atoms with Gasteiger partial charge in [-0.05, 0) is 18.2 Å². The first-order chi connectivity index (χ1) is 7.13. The van der Waals surface area contributed by atoms with Gasteiger partial charge in [0.25, 0.3) is 0 Å². The summed E-state index contributed by atoms with van der Waals surface area (Å²) in [5.74, 6) is 0.451.